The molecule has 0 heterocycles. The third kappa shape index (κ3) is 3.15. The van der Waals surface area contributed by atoms with Crippen LogP contribution in [0.1, 0.15) is 38.5 Å². The number of aliphatic hydroxyl groups is 1. The summed E-state index contributed by atoms with van der Waals surface area (Å²) in [6.07, 6.45) is 7.53. The van der Waals surface area contributed by atoms with E-state index in [9.17, 15) is 4.79 Å². The maximum absolute atomic E-state index is 11.4. The minimum absolute atomic E-state index is 0.0268. The molecule has 4 fully saturated rings. The van der Waals surface area contributed by atoms with Gasteiger partial charge in [0.05, 0.1) is 18.8 Å². The van der Waals surface area contributed by atoms with Crippen LogP contribution in [-0.4, -0.2) is 43.3 Å². The van der Waals surface area contributed by atoms with Crippen LogP contribution in [-0.2, 0) is 19.0 Å². The van der Waals surface area contributed by atoms with E-state index in [1.54, 1.807) is 0 Å². The number of carbonyl (C=O) groups excluding carboxylic acids is 1. The Bertz CT molecular complexity index is 319. The number of aliphatic hydroxyl groups excluding tert-OH is 1. The summed E-state index contributed by atoms with van der Waals surface area (Å²) in [4.78, 5) is 11.4. The molecule has 0 radical (unpaired) electrons. The van der Waals surface area contributed by atoms with Crippen LogP contribution in [0.3, 0.4) is 0 Å². The van der Waals surface area contributed by atoms with E-state index in [2.05, 4.69) is 0 Å². The van der Waals surface area contributed by atoms with Crippen LogP contribution in [0.25, 0.3) is 0 Å². The minimum atomic E-state index is -0.428. The van der Waals surface area contributed by atoms with Gasteiger partial charge in [0, 0.05) is 0 Å². The molecule has 0 amide bonds. The summed E-state index contributed by atoms with van der Waals surface area (Å²) in [5, 5.41) is 8.55. The lowest BCUT2D eigenvalue weighted by Crippen LogP contribution is -2.52. The summed E-state index contributed by atoms with van der Waals surface area (Å²) in [5.41, 5.74) is -0.0268. The minimum Gasteiger partial charge on any atom is -0.437 e. The Morgan fingerprint density at radius 1 is 1.10 bits per heavy atom. The van der Waals surface area contributed by atoms with Gasteiger partial charge in [-0.05, 0) is 56.3 Å². The number of carbonyl (C=O) groups is 1. The molecule has 0 aromatic rings. The van der Waals surface area contributed by atoms with E-state index >= 15 is 0 Å². The van der Waals surface area contributed by atoms with Crippen molar-refractivity contribution in [2.45, 2.75) is 44.1 Å². The first-order chi connectivity index (χ1) is 9.69. The summed E-state index contributed by atoms with van der Waals surface area (Å²) in [6, 6.07) is 0. The fraction of sp³-hybridized carbons (Fsp3) is 0.933. The Balaban J connectivity index is 1.41. The van der Waals surface area contributed by atoms with E-state index < -0.39 is 5.97 Å². The lowest BCUT2D eigenvalue weighted by Gasteiger charge is -2.56. The highest BCUT2D eigenvalue weighted by molar-refractivity contribution is 5.70. The van der Waals surface area contributed by atoms with E-state index in [0.717, 1.165) is 37.0 Å². The molecule has 0 aromatic heterocycles. The second kappa shape index (κ2) is 6.00. The number of ether oxygens (including phenoxy) is 3. The molecule has 4 aliphatic rings. The van der Waals surface area contributed by atoms with E-state index in [1.165, 1.54) is 19.3 Å². The molecule has 0 aliphatic heterocycles. The number of hydrogen-bond donors (Lipinski definition) is 1. The molecule has 0 aromatic carbocycles. The van der Waals surface area contributed by atoms with E-state index in [-0.39, 0.29) is 32.2 Å². The average molecular weight is 284 g/mol. The normalized spacial score (nSPS) is 38.1. The summed E-state index contributed by atoms with van der Waals surface area (Å²) in [7, 11) is 0. The van der Waals surface area contributed by atoms with Gasteiger partial charge in [-0.15, -0.1) is 0 Å². The van der Waals surface area contributed by atoms with Gasteiger partial charge in [0.2, 0.25) is 0 Å². The van der Waals surface area contributed by atoms with Gasteiger partial charge < -0.3 is 19.3 Å². The second-order valence-corrected chi connectivity index (χ2v) is 6.66. The summed E-state index contributed by atoms with van der Waals surface area (Å²) >= 11 is 0. The lowest BCUT2D eigenvalue weighted by atomic mass is 9.54. The van der Waals surface area contributed by atoms with Crippen LogP contribution in [0.2, 0.25) is 0 Å². The zero-order valence-corrected chi connectivity index (χ0v) is 11.9. The SMILES string of the molecule is O=C(COCCO)OCOC12CC3CC(CC(C3)C1)C2. The third-order valence-electron chi connectivity index (χ3n) is 5.02. The highest BCUT2D eigenvalue weighted by Crippen LogP contribution is 2.57. The molecule has 0 saturated heterocycles. The standard InChI is InChI=1S/C15H24O5/c16-1-2-18-9-14(17)19-10-20-15-6-11-3-12(7-15)5-13(4-11)8-15/h11-13,16H,1-10H2. The van der Waals surface area contributed by atoms with Crippen molar-refractivity contribution in [2.24, 2.45) is 17.8 Å². The summed E-state index contributed by atoms with van der Waals surface area (Å²) < 4.78 is 15.9. The van der Waals surface area contributed by atoms with Gasteiger partial charge in [0.25, 0.3) is 0 Å². The first-order valence-electron chi connectivity index (χ1n) is 7.67. The first-order valence-corrected chi connectivity index (χ1v) is 7.67. The van der Waals surface area contributed by atoms with Crippen LogP contribution in [0.15, 0.2) is 0 Å². The van der Waals surface area contributed by atoms with Crippen molar-refractivity contribution in [3.8, 4) is 0 Å². The van der Waals surface area contributed by atoms with Crippen molar-refractivity contribution < 1.29 is 24.1 Å². The number of hydrogen-bond acceptors (Lipinski definition) is 5. The molecule has 4 aliphatic carbocycles. The molecule has 20 heavy (non-hydrogen) atoms. The molecule has 4 bridgehead atoms. The van der Waals surface area contributed by atoms with Gasteiger partial charge in [-0.2, -0.15) is 0 Å². The number of rotatable bonds is 7. The van der Waals surface area contributed by atoms with Crippen LogP contribution in [0, 0.1) is 17.8 Å². The molecule has 0 spiro atoms. The van der Waals surface area contributed by atoms with Crippen molar-refractivity contribution in [1.29, 1.82) is 0 Å². The highest BCUT2D eigenvalue weighted by Gasteiger charge is 2.51. The maximum Gasteiger partial charge on any atom is 0.334 e. The lowest BCUT2D eigenvalue weighted by molar-refractivity contribution is -0.212. The molecule has 0 atom stereocenters. The average Bonchev–Trinajstić information content (AvgIpc) is 2.37. The van der Waals surface area contributed by atoms with Gasteiger partial charge in [0.15, 0.2) is 6.79 Å². The zero-order valence-electron chi connectivity index (χ0n) is 11.9. The van der Waals surface area contributed by atoms with Gasteiger partial charge in [-0.3, -0.25) is 0 Å². The monoisotopic (exact) mass is 284 g/mol. The van der Waals surface area contributed by atoms with Gasteiger partial charge >= 0.3 is 5.97 Å². The van der Waals surface area contributed by atoms with Crippen LogP contribution < -0.4 is 0 Å². The molecule has 1 N–H and O–H groups in total. The molecular weight excluding hydrogens is 260 g/mol. The topological polar surface area (TPSA) is 65.0 Å². The predicted molar refractivity (Wildman–Crippen MR) is 70.9 cm³/mol. The first kappa shape index (κ1) is 14.3. The molecule has 4 rings (SSSR count). The molecule has 0 unspecified atom stereocenters. The molecule has 114 valence electrons. The van der Waals surface area contributed by atoms with Crippen LogP contribution in [0.4, 0.5) is 0 Å². The summed E-state index contributed by atoms with van der Waals surface area (Å²) in [5.74, 6) is 2.04. The Kier molecular flexibility index (Phi) is 4.29. The van der Waals surface area contributed by atoms with E-state index in [0.29, 0.717) is 0 Å². The van der Waals surface area contributed by atoms with Crippen LogP contribution in [0.5, 0.6) is 0 Å². The fourth-order valence-electron chi connectivity index (χ4n) is 4.69. The quantitative estimate of drug-likeness (QED) is 0.436. The van der Waals surface area contributed by atoms with E-state index in [1.807, 2.05) is 0 Å². The molecule has 4 saturated carbocycles. The second-order valence-electron chi connectivity index (χ2n) is 6.66. The van der Waals surface area contributed by atoms with Crippen molar-refractivity contribution in [3.05, 3.63) is 0 Å². The van der Waals surface area contributed by atoms with Crippen molar-refractivity contribution in [2.75, 3.05) is 26.6 Å². The van der Waals surface area contributed by atoms with Crippen LogP contribution >= 0.6 is 0 Å². The number of esters is 1. The maximum atomic E-state index is 11.4. The van der Waals surface area contributed by atoms with Crippen molar-refractivity contribution >= 4 is 5.97 Å². The smallest absolute Gasteiger partial charge is 0.334 e. The molecular formula is C15H24O5. The van der Waals surface area contributed by atoms with Gasteiger partial charge in [-0.1, -0.05) is 0 Å². The largest absolute Gasteiger partial charge is 0.437 e. The van der Waals surface area contributed by atoms with Crippen molar-refractivity contribution in [1.82, 2.24) is 0 Å². The fourth-order valence-corrected chi connectivity index (χ4v) is 4.69. The van der Waals surface area contributed by atoms with Crippen molar-refractivity contribution in [3.63, 3.8) is 0 Å². The van der Waals surface area contributed by atoms with E-state index in [4.69, 9.17) is 19.3 Å². The van der Waals surface area contributed by atoms with Gasteiger partial charge in [-0.25, -0.2) is 4.79 Å². The highest BCUT2D eigenvalue weighted by atomic mass is 16.7. The predicted octanol–water partition coefficient (Wildman–Crippen LogP) is 1.48. The molecule has 5 nitrogen and oxygen atoms in total. The summed E-state index contributed by atoms with van der Waals surface area (Å²) in [6.45, 7) is -0.0136. The Hall–Kier alpha value is -0.650. The Labute approximate surface area is 119 Å². The van der Waals surface area contributed by atoms with Gasteiger partial charge in [0.1, 0.15) is 6.61 Å². The zero-order chi connectivity index (χ0) is 14.0. The Morgan fingerprint density at radius 2 is 1.70 bits per heavy atom. The Morgan fingerprint density at radius 3 is 2.25 bits per heavy atom. The third-order valence-corrected chi connectivity index (χ3v) is 5.02. The molecule has 5 heteroatoms.